The zero-order chi connectivity index (χ0) is 23.7. The van der Waals surface area contributed by atoms with E-state index < -0.39 is 6.04 Å². The molecule has 2 aromatic carbocycles. The minimum Gasteiger partial charge on any atom is -0.493 e. The predicted octanol–water partition coefficient (Wildman–Crippen LogP) is 4.28. The van der Waals surface area contributed by atoms with Crippen molar-refractivity contribution in [2.75, 3.05) is 14.2 Å². The third-order valence-electron chi connectivity index (χ3n) is 5.37. The number of aryl methyl sites for hydroxylation is 2. The van der Waals surface area contributed by atoms with Gasteiger partial charge in [-0.3, -0.25) is 9.59 Å². The molecule has 0 aliphatic carbocycles. The van der Waals surface area contributed by atoms with E-state index in [1.165, 1.54) is 0 Å². The zero-order valence-corrected chi connectivity index (χ0v) is 20.1. The number of hydrogen-bond donors (Lipinski definition) is 1. The van der Waals surface area contributed by atoms with Crippen molar-refractivity contribution in [2.24, 2.45) is 0 Å². The fraction of sp³-hybridized carbons (Fsp3) is 0.462. The van der Waals surface area contributed by atoms with Gasteiger partial charge in [-0.15, -0.1) is 0 Å². The molecule has 0 aromatic heterocycles. The molecule has 0 radical (unpaired) electrons. The van der Waals surface area contributed by atoms with E-state index in [0.717, 1.165) is 16.7 Å². The van der Waals surface area contributed by atoms with Crippen LogP contribution in [0.4, 0.5) is 0 Å². The number of carbonyl (C=O) groups is 2. The monoisotopic (exact) mass is 440 g/mol. The highest BCUT2D eigenvalue weighted by Gasteiger charge is 2.28. The van der Waals surface area contributed by atoms with Gasteiger partial charge in [0.1, 0.15) is 6.04 Å². The maximum Gasteiger partial charge on any atom is 0.243 e. The SMILES string of the molecule is CC[C@H](C(=O)NC(C)C)N(Cc1ccc(C)cc1)C(=O)CCc1ccc(OC)c(OC)c1. The number of nitrogens with zero attached hydrogens (tertiary/aromatic N) is 1. The van der Waals surface area contributed by atoms with E-state index in [1.54, 1.807) is 19.1 Å². The lowest BCUT2D eigenvalue weighted by Crippen LogP contribution is -2.50. The summed E-state index contributed by atoms with van der Waals surface area (Å²) in [6.45, 7) is 8.21. The number of amides is 2. The summed E-state index contributed by atoms with van der Waals surface area (Å²) >= 11 is 0. The topological polar surface area (TPSA) is 67.9 Å². The third kappa shape index (κ3) is 7.01. The van der Waals surface area contributed by atoms with Gasteiger partial charge in [0.25, 0.3) is 0 Å². The standard InChI is InChI=1S/C26H36N2O4/c1-7-22(26(30)27-18(2)3)28(17-21-10-8-19(4)9-11-21)25(29)15-13-20-12-14-23(31-5)24(16-20)32-6/h8-12,14,16,18,22H,7,13,15,17H2,1-6H3,(H,27,30)/t22-/m1/s1. The Morgan fingerprint density at radius 3 is 2.16 bits per heavy atom. The molecule has 2 rings (SSSR count). The number of nitrogens with one attached hydrogen (secondary N) is 1. The summed E-state index contributed by atoms with van der Waals surface area (Å²) in [5, 5.41) is 2.96. The van der Waals surface area contributed by atoms with Crippen LogP contribution in [0, 0.1) is 6.92 Å². The zero-order valence-electron chi connectivity index (χ0n) is 20.1. The van der Waals surface area contributed by atoms with Gasteiger partial charge in [-0.1, -0.05) is 42.8 Å². The van der Waals surface area contributed by atoms with Gasteiger partial charge in [-0.2, -0.15) is 0 Å². The second-order valence-corrected chi connectivity index (χ2v) is 8.28. The highest BCUT2D eigenvalue weighted by atomic mass is 16.5. The molecule has 174 valence electrons. The molecule has 0 fully saturated rings. The first-order chi connectivity index (χ1) is 15.3. The second kappa shape index (κ2) is 12.1. The number of benzene rings is 2. The second-order valence-electron chi connectivity index (χ2n) is 8.28. The number of hydrogen-bond acceptors (Lipinski definition) is 4. The van der Waals surface area contributed by atoms with Crippen molar-refractivity contribution in [1.82, 2.24) is 10.2 Å². The van der Waals surface area contributed by atoms with Crippen LogP contribution in [0.3, 0.4) is 0 Å². The third-order valence-corrected chi connectivity index (χ3v) is 5.37. The Morgan fingerprint density at radius 1 is 0.969 bits per heavy atom. The molecule has 0 aliphatic heterocycles. The van der Waals surface area contributed by atoms with Crippen LogP contribution < -0.4 is 14.8 Å². The van der Waals surface area contributed by atoms with Crippen LogP contribution in [0.5, 0.6) is 11.5 Å². The van der Waals surface area contributed by atoms with E-state index in [0.29, 0.717) is 37.3 Å². The number of carbonyl (C=O) groups excluding carboxylic acids is 2. The van der Waals surface area contributed by atoms with Crippen molar-refractivity contribution in [3.63, 3.8) is 0 Å². The molecule has 0 bridgehead atoms. The number of rotatable bonds is 11. The lowest BCUT2D eigenvalue weighted by Gasteiger charge is -2.31. The summed E-state index contributed by atoms with van der Waals surface area (Å²) in [5.41, 5.74) is 3.14. The summed E-state index contributed by atoms with van der Waals surface area (Å²) in [6, 6.07) is 13.2. The normalized spacial score (nSPS) is 11.7. The van der Waals surface area contributed by atoms with Crippen LogP contribution in [0.15, 0.2) is 42.5 Å². The Bertz CT molecular complexity index is 893. The van der Waals surface area contributed by atoms with Gasteiger partial charge >= 0.3 is 0 Å². The van der Waals surface area contributed by atoms with Crippen molar-refractivity contribution >= 4 is 11.8 Å². The van der Waals surface area contributed by atoms with Gasteiger partial charge < -0.3 is 19.7 Å². The summed E-state index contributed by atoms with van der Waals surface area (Å²) in [6.07, 6.45) is 1.39. The molecule has 0 saturated carbocycles. The molecule has 0 aliphatic rings. The average molecular weight is 441 g/mol. The van der Waals surface area contributed by atoms with E-state index in [9.17, 15) is 9.59 Å². The molecule has 0 heterocycles. The molecule has 32 heavy (non-hydrogen) atoms. The Labute approximate surface area is 191 Å². The highest BCUT2D eigenvalue weighted by molar-refractivity contribution is 5.87. The molecule has 1 N–H and O–H groups in total. The van der Waals surface area contributed by atoms with Crippen LogP contribution in [0.1, 0.15) is 50.3 Å². The minimum absolute atomic E-state index is 0.0136. The number of methoxy groups -OCH3 is 2. The highest BCUT2D eigenvalue weighted by Crippen LogP contribution is 2.28. The number of ether oxygens (including phenoxy) is 2. The average Bonchev–Trinajstić information content (AvgIpc) is 2.77. The molecule has 1 atom stereocenters. The van der Waals surface area contributed by atoms with Crippen molar-refractivity contribution < 1.29 is 19.1 Å². The summed E-state index contributed by atoms with van der Waals surface area (Å²) in [4.78, 5) is 27.9. The summed E-state index contributed by atoms with van der Waals surface area (Å²) < 4.78 is 10.7. The Hall–Kier alpha value is -3.02. The van der Waals surface area contributed by atoms with Crippen LogP contribution in [-0.2, 0) is 22.6 Å². The lowest BCUT2D eigenvalue weighted by atomic mass is 10.0. The maximum atomic E-state index is 13.3. The van der Waals surface area contributed by atoms with Crippen molar-refractivity contribution in [1.29, 1.82) is 0 Å². The van der Waals surface area contributed by atoms with Gasteiger partial charge in [0.2, 0.25) is 11.8 Å². The van der Waals surface area contributed by atoms with Crippen LogP contribution in [-0.4, -0.2) is 43.0 Å². The molecular weight excluding hydrogens is 404 g/mol. The minimum atomic E-state index is -0.517. The Morgan fingerprint density at radius 2 is 1.59 bits per heavy atom. The van der Waals surface area contributed by atoms with Gasteiger partial charge in [-0.05, 0) is 56.9 Å². The summed E-state index contributed by atoms with van der Waals surface area (Å²) in [7, 11) is 3.19. The van der Waals surface area contributed by atoms with E-state index in [-0.39, 0.29) is 17.9 Å². The molecule has 2 aromatic rings. The van der Waals surface area contributed by atoms with E-state index >= 15 is 0 Å². The molecular formula is C26H36N2O4. The predicted molar refractivity (Wildman–Crippen MR) is 127 cm³/mol. The smallest absolute Gasteiger partial charge is 0.243 e. The molecule has 0 saturated heterocycles. The first kappa shape index (κ1) is 25.2. The molecule has 0 unspecified atom stereocenters. The van der Waals surface area contributed by atoms with E-state index in [2.05, 4.69) is 5.32 Å². The van der Waals surface area contributed by atoms with Gasteiger partial charge in [0.05, 0.1) is 14.2 Å². The lowest BCUT2D eigenvalue weighted by molar-refractivity contribution is -0.141. The molecule has 2 amide bonds. The van der Waals surface area contributed by atoms with Crippen molar-refractivity contribution in [3.05, 3.63) is 59.2 Å². The van der Waals surface area contributed by atoms with Gasteiger partial charge in [-0.25, -0.2) is 0 Å². The van der Waals surface area contributed by atoms with Crippen LogP contribution in [0.2, 0.25) is 0 Å². The first-order valence-electron chi connectivity index (χ1n) is 11.1. The fourth-order valence-electron chi connectivity index (χ4n) is 3.62. The molecule has 0 spiro atoms. The van der Waals surface area contributed by atoms with Crippen LogP contribution >= 0.6 is 0 Å². The molecule has 6 nitrogen and oxygen atoms in total. The summed E-state index contributed by atoms with van der Waals surface area (Å²) in [5.74, 6) is 1.12. The van der Waals surface area contributed by atoms with E-state index in [4.69, 9.17) is 9.47 Å². The first-order valence-corrected chi connectivity index (χ1v) is 11.1. The Kier molecular flexibility index (Phi) is 9.57. The largest absolute Gasteiger partial charge is 0.493 e. The quantitative estimate of drug-likeness (QED) is 0.566. The van der Waals surface area contributed by atoms with Crippen molar-refractivity contribution in [3.8, 4) is 11.5 Å². The van der Waals surface area contributed by atoms with E-state index in [1.807, 2.05) is 70.2 Å². The van der Waals surface area contributed by atoms with Gasteiger partial charge in [0, 0.05) is 19.0 Å². The molecule has 6 heteroatoms. The maximum absolute atomic E-state index is 13.3. The van der Waals surface area contributed by atoms with Gasteiger partial charge in [0.15, 0.2) is 11.5 Å². The fourth-order valence-corrected chi connectivity index (χ4v) is 3.62. The van der Waals surface area contributed by atoms with Crippen molar-refractivity contribution in [2.45, 2.75) is 65.6 Å². The van der Waals surface area contributed by atoms with Crippen LogP contribution in [0.25, 0.3) is 0 Å². The Balaban J connectivity index is 2.22.